The first-order valence-corrected chi connectivity index (χ1v) is 3.11. The Bertz CT molecular complexity index is 123. The van der Waals surface area contributed by atoms with Gasteiger partial charge in [-0.2, -0.15) is 0 Å². The van der Waals surface area contributed by atoms with Crippen LogP contribution in [0.15, 0.2) is 12.7 Å². The van der Waals surface area contributed by atoms with Gasteiger partial charge < -0.3 is 10.1 Å². The number of methoxy groups -OCH3 is 1. The molecule has 0 rings (SSSR count). The lowest BCUT2D eigenvalue weighted by atomic mass is 10.4. The number of carbonyl (C=O) groups excluding carboxylic acids is 1. The minimum absolute atomic E-state index is 0.0892. The van der Waals surface area contributed by atoms with Gasteiger partial charge in [-0.3, -0.25) is 4.79 Å². The summed E-state index contributed by atoms with van der Waals surface area (Å²) >= 11 is 0. The fourth-order valence-corrected chi connectivity index (χ4v) is 0.592. The summed E-state index contributed by atoms with van der Waals surface area (Å²) in [5, 5.41) is 2.60. The Morgan fingerprint density at radius 2 is 2.50 bits per heavy atom. The van der Waals surface area contributed by atoms with Crippen LogP contribution in [-0.2, 0) is 9.53 Å². The quantitative estimate of drug-likeness (QED) is 0.464. The number of nitrogens with one attached hydrogen (secondary N) is 1. The second-order valence-electron chi connectivity index (χ2n) is 1.95. The van der Waals surface area contributed by atoms with Crippen molar-refractivity contribution >= 4 is 5.91 Å². The SMILES string of the molecule is C=CCC(NC(C)=O)OC. The van der Waals surface area contributed by atoms with Gasteiger partial charge in [0.25, 0.3) is 0 Å². The van der Waals surface area contributed by atoms with Gasteiger partial charge in [0.1, 0.15) is 6.23 Å². The minimum atomic E-state index is -0.227. The maximum Gasteiger partial charge on any atom is 0.218 e. The number of ether oxygens (including phenoxy) is 1. The van der Waals surface area contributed by atoms with Crippen LogP contribution in [0.1, 0.15) is 13.3 Å². The number of hydrogen-bond acceptors (Lipinski definition) is 2. The number of carbonyl (C=O) groups is 1. The van der Waals surface area contributed by atoms with Crippen molar-refractivity contribution in [3.8, 4) is 0 Å². The molecule has 1 unspecified atom stereocenters. The van der Waals surface area contributed by atoms with Crippen LogP contribution < -0.4 is 5.32 Å². The average molecular weight is 143 g/mol. The van der Waals surface area contributed by atoms with Crippen molar-refractivity contribution < 1.29 is 9.53 Å². The Morgan fingerprint density at radius 1 is 1.90 bits per heavy atom. The maximum absolute atomic E-state index is 10.5. The number of hydrogen-bond donors (Lipinski definition) is 1. The van der Waals surface area contributed by atoms with E-state index in [0.29, 0.717) is 6.42 Å². The van der Waals surface area contributed by atoms with Crippen LogP contribution in [0.5, 0.6) is 0 Å². The van der Waals surface area contributed by atoms with E-state index < -0.39 is 0 Å². The minimum Gasteiger partial charge on any atom is -0.361 e. The summed E-state index contributed by atoms with van der Waals surface area (Å²) < 4.78 is 4.90. The summed E-state index contributed by atoms with van der Waals surface area (Å²) in [5.74, 6) is -0.0892. The lowest BCUT2D eigenvalue weighted by molar-refractivity contribution is -0.122. The first-order valence-electron chi connectivity index (χ1n) is 3.11. The van der Waals surface area contributed by atoms with Crippen molar-refractivity contribution in [2.75, 3.05) is 7.11 Å². The molecule has 0 bridgehead atoms. The number of rotatable bonds is 4. The molecule has 3 heteroatoms. The van der Waals surface area contributed by atoms with Gasteiger partial charge in [-0.25, -0.2) is 0 Å². The van der Waals surface area contributed by atoms with Crippen molar-refractivity contribution in [2.24, 2.45) is 0 Å². The highest BCUT2D eigenvalue weighted by atomic mass is 16.5. The fraction of sp³-hybridized carbons (Fsp3) is 0.571. The second kappa shape index (κ2) is 4.99. The third kappa shape index (κ3) is 4.09. The van der Waals surface area contributed by atoms with Gasteiger partial charge in [0.05, 0.1) is 0 Å². The number of amides is 1. The highest BCUT2D eigenvalue weighted by Gasteiger charge is 2.03. The van der Waals surface area contributed by atoms with Gasteiger partial charge in [0.15, 0.2) is 0 Å². The Kier molecular flexibility index (Phi) is 4.58. The van der Waals surface area contributed by atoms with E-state index in [-0.39, 0.29) is 12.1 Å². The average Bonchev–Trinajstić information content (AvgIpc) is 1.86. The molecular formula is C7H13NO2. The molecule has 0 spiro atoms. The van der Waals surface area contributed by atoms with E-state index in [1.54, 1.807) is 13.2 Å². The molecule has 0 saturated carbocycles. The highest BCUT2D eigenvalue weighted by molar-refractivity contribution is 5.72. The third-order valence-corrected chi connectivity index (χ3v) is 1.03. The smallest absolute Gasteiger partial charge is 0.218 e. The van der Waals surface area contributed by atoms with E-state index in [9.17, 15) is 4.79 Å². The molecular weight excluding hydrogens is 130 g/mol. The zero-order chi connectivity index (χ0) is 7.98. The van der Waals surface area contributed by atoms with Gasteiger partial charge in [0, 0.05) is 20.5 Å². The molecule has 0 saturated heterocycles. The van der Waals surface area contributed by atoms with Crippen molar-refractivity contribution in [1.29, 1.82) is 0 Å². The molecule has 0 radical (unpaired) electrons. The van der Waals surface area contributed by atoms with E-state index in [1.807, 2.05) is 0 Å². The molecule has 0 aromatic carbocycles. The van der Waals surface area contributed by atoms with Crippen LogP contribution in [0.25, 0.3) is 0 Å². The summed E-state index contributed by atoms with van der Waals surface area (Å²) in [4.78, 5) is 10.5. The normalized spacial score (nSPS) is 12.2. The van der Waals surface area contributed by atoms with E-state index in [4.69, 9.17) is 4.74 Å². The highest BCUT2D eigenvalue weighted by Crippen LogP contribution is 1.91. The van der Waals surface area contributed by atoms with Gasteiger partial charge in [0.2, 0.25) is 5.91 Å². The standard InChI is InChI=1S/C7H13NO2/c1-4-5-7(10-3)8-6(2)9/h4,7H,1,5H2,2-3H3,(H,8,9). The molecule has 1 atom stereocenters. The summed E-state index contributed by atoms with van der Waals surface area (Å²) in [6.07, 6.45) is 2.11. The lowest BCUT2D eigenvalue weighted by Crippen LogP contribution is -2.33. The largest absolute Gasteiger partial charge is 0.361 e. The first kappa shape index (κ1) is 9.17. The first-order chi connectivity index (χ1) is 4.70. The molecule has 1 amide bonds. The molecule has 0 heterocycles. The molecule has 58 valence electrons. The predicted octanol–water partition coefficient (Wildman–Crippen LogP) is 0.671. The third-order valence-electron chi connectivity index (χ3n) is 1.03. The van der Waals surface area contributed by atoms with Crippen molar-refractivity contribution in [1.82, 2.24) is 5.32 Å². The van der Waals surface area contributed by atoms with Crippen molar-refractivity contribution in [2.45, 2.75) is 19.6 Å². The Morgan fingerprint density at radius 3 is 2.80 bits per heavy atom. The summed E-state index contributed by atoms with van der Waals surface area (Å²) in [6, 6.07) is 0. The zero-order valence-electron chi connectivity index (χ0n) is 6.39. The molecule has 0 fully saturated rings. The lowest BCUT2D eigenvalue weighted by Gasteiger charge is -2.12. The van der Waals surface area contributed by atoms with Crippen LogP contribution in [0.2, 0.25) is 0 Å². The van der Waals surface area contributed by atoms with Gasteiger partial charge in [-0.05, 0) is 0 Å². The van der Waals surface area contributed by atoms with E-state index in [1.165, 1.54) is 6.92 Å². The monoisotopic (exact) mass is 143 g/mol. The van der Waals surface area contributed by atoms with E-state index in [0.717, 1.165) is 0 Å². The molecule has 10 heavy (non-hydrogen) atoms. The van der Waals surface area contributed by atoms with Crippen LogP contribution in [-0.4, -0.2) is 19.2 Å². The van der Waals surface area contributed by atoms with Crippen LogP contribution in [0.4, 0.5) is 0 Å². The molecule has 3 nitrogen and oxygen atoms in total. The molecule has 0 aliphatic rings. The van der Waals surface area contributed by atoms with Gasteiger partial charge >= 0.3 is 0 Å². The van der Waals surface area contributed by atoms with Crippen LogP contribution in [0.3, 0.4) is 0 Å². The van der Waals surface area contributed by atoms with Crippen LogP contribution in [0, 0.1) is 0 Å². The van der Waals surface area contributed by atoms with Gasteiger partial charge in [-0.15, -0.1) is 6.58 Å². The van der Waals surface area contributed by atoms with Crippen LogP contribution >= 0.6 is 0 Å². The summed E-state index contributed by atoms with van der Waals surface area (Å²) in [5.41, 5.74) is 0. The maximum atomic E-state index is 10.5. The molecule has 0 aromatic heterocycles. The summed E-state index contributed by atoms with van der Waals surface area (Å²) in [6.45, 7) is 4.98. The van der Waals surface area contributed by atoms with Gasteiger partial charge in [-0.1, -0.05) is 6.08 Å². The molecule has 0 aliphatic carbocycles. The van der Waals surface area contributed by atoms with Crippen molar-refractivity contribution in [3.63, 3.8) is 0 Å². The molecule has 1 N–H and O–H groups in total. The summed E-state index contributed by atoms with van der Waals surface area (Å²) in [7, 11) is 1.55. The Balaban J connectivity index is 3.59. The second-order valence-corrected chi connectivity index (χ2v) is 1.95. The van der Waals surface area contributed by atoms with E-state index >= 15 is 0 Å². The zero-order valence-corrected chi connectivity index (χ0v) is 6.39. The van der Waals surface area contributed by atoms with Crippen molar-refractivity contribution in [3.05, 3.63) is 12.7 Å². The molecule has 0 aliphatic heterocycles. The Labute approximate surface area is 61.1 Å². The molecule has 0 aromatic rings. The topological polar surface area (TPSA) is 38.3 Å². The fourth-order valence-electron chi connectivity index (χ4n) is 0.592. The Hall–Kier alpha value is -0.830. The van der Waals surface area contributed by atoms with E-state index in [2.05, 4.69) is 11.9 Å². The predicted molar refractivity (Wildman–Crippen MR) is 39.4 cm³/mol.